The molecule has 0 N–H and O–H groups in total. The standard InChI is InChI=1S/C13H18ClNO4S2/c1-10(2)11-7-8-15(9-11)21(18,19)13-6-4-3-5-12(13)20(14,16)17/h3-6,10-11H,7-9H2,1-2H3. The summed E-state index contributed by atoms with van der Waals surface area (Å²) in [6.45, 7) is 4.93. The predicted molar refractivity (Wildman–Crippen MR) is 81.2 cm³/mol. The van der Waals surface area contributed by atoms with Crippen molar-refractivity contribution in [2.75, 3.05) is 13.1 Å². The van der Waals surface area contributed by atoms with Crippen LogP contribution in [0.2, 0.25) is 0 Å². The first-order valence-electron chi connectivity index (χ1n) is 6.68. The van der Waals surface area contributed by atoms with E-state index in [0.29, 0.717) is 24.9 Å². The van der Waals surface area contributed by atoms with Crippen LogP contribution in [-0.2, 0) is 19.1 Å². The highest BCUT2D eigenvalue weighted by atomic mass is 35.7. The molecule has 0 aromatic heterocycles. The zero-order chi connectivity index (χ0) is 15.8. The highest BCUT2D eigenvalue weighted by molar-refractivity contribution is 8.14. The van der Waals surface area contributed by atoms with Gasteiger partial charge in [-0.05, 0) is 30.4 Å². The Morgan fingerprint density at radius 2 is 1.71 bits per heavy atom. The largest absolute Gasteiger partial charge is 0.262 e. The van der Waals surface area contributed by atoms with Crippen LogP contribution in [0.4, 0.5) is 0 Å². The van der Waals surface area contributed by atoms with Gasteiger partial charge in [0, 0.05) is 23.8 Å². The van der Waals surface area contributed by atoms with E-state index in [2.05, 4.69) is 13.8 Å². The first kappa shape index (κ1) is 16.7. The summed E-state index contributed by atoms with van der Waals surface area (Å²) < 4.78 is 49.8. The van der Waals surface area contributed by atoms with Crippen LogP contribution in [0, 0.1) is 11.8 Å². The molecule has 1 aromatic rings. The Hall–Kier alpha value is -0.630. The molecule has 0 spiro atoms. The van der Waals surface area contributed by atoms with Crippen LogP contribution in [0.5, 0.6) is 0 Å². The molecule has 2 rings (SSSR count). The normalized spacial score (nSPS) is 21.0. The van der Waals surface area contributed by atoms with Gasteiger partial charge in [-0.1, -0.05) is 26.0 Å². The van der Waals surface area contributed by atoms with Crippen molar-refractivity contribution in [1.82, 2.24) is 4.31 Å². The highest BCUT2D eigenvalue weighted by Crippen LogP contribution is 2.32. The van der Waals surface area contributed by atoms with Crippen molar-refractivity contribution in [3.8, 4) is 0 Å². The Morgan fingerprint density at radius 1 is 1.14 bits per heavy atom. The van der Waals surface area contributed by atoms with Gasteiger partial charge >= 0.3 is 0 Å². The van der Waals surface area contributed by atoms with Gasteiger partial charge < -0.3 is 0 Å². The summed E-state index contributed by atoms with van der Waals surface area (Å²) in [5.41, 5.74) is 0. The summed E-state index contributed by atoms with van der Waals surface area (Å²) in [5, 5.41) is 0. The van der Waals surface area contributed by atoms with Gasteiger partial charge in [-0.3, -0.25) is 0 Å². The van der Waals surface area contributed by atoms with Crippen molar-refractivity contribution >= 4 is 29.8 Å². The topological polar surface area (TPSA) is 71.5 Å². The molecule has 5 nitrogen and oxygen atoms in total. The summed E-state index contributed by atoms with van der Waals surface area (Å²) in [6, 6.07) is 5.45. The Kier molecular flexibility index (Phi) is 4.68. The molecule has 1 aromatic carbocycles. The Balaban J connectivity index is 2.43. The Labute approximate surface area is 130 Å². The van der Waals surface area contributed by atoms with E-state index in [1.807, 2.05) is 0 Å². The third-order valence-corrected chi connectivity index (χ3v) is 7.29. The van der Waals surface area contributed by atoms with Gasteiger partial charge in [-0.2, -0.15) is 4.31 Å². The molecule has 1 fully saturated rings. The molecule has 118 valence electrons. The van der Waals surface area contributed by atoms with Crippen molar-refractivity contribution in [3.05, 3.63) is 24.3 Å². The molecule has 1 aliphatic rings. The molecule has 21 heavy (non-hydrogen) atoms. The number of nitrogens with zero attached hydrogens (tertiary/aromatic N) is 1. The van der Waals surface area contributed by atoms with Gasteiger partial charge in [-0.15, -0.1) is 0 Å². The molecular weight excluding hydrogens is 334 g/mol. The van der Waals surface area contributed by atoms with E-state index >= 15 is 0 Å². The first-order valence-corrected chi connectivity index (χ1v) is 10.4. The number of sulfonamides is 1. The second kappa shape index (κ2) is 5.87. The van der Waals surface area contributed by atoms with Crippen molar-refractivity contribution in [2.45, 2.75) is 30.1 Å². The SMILES string of the molecule is CC(C)C1CCN(S(=O)(=O)c2ccccc2S(=O)(=O)Cl)C1. The lowest BCUT2D eigenvalue weighted by Gasteiger charge is -2.19. The van der Waals surface area contributed by atoms with Crippen LogP contribution in [-0.4, -0.2) is 34.2 Å². The van der Waals surface area contributed by atoms with Crippen LogP contribution >= 0.6 is 10.7 Å². The third-order valence-electron chi connectivity index (χ3n) is 3.86. The molecule has 1 heterocycles. The van der Waals surface area contributed by atoms with Gasteiger partial charge in [0.05, 0.1) is 0 Å². The van der Waals surface area contributed by atoms with E-state index in [-0.39, 0.29) is 9.79 Å². The second-order valence-electron chi connectivity index (χ2n) is 5.54. The molecule has 0 bridgehead atoms. The number of benzene rings is 1. The fourth-order valence-electron chi connectivity index (χ4n) is 2.52. The minimum absolute atomic E-state index is 0.246. The number of hydrogen-bond acceptors (Lipinski definition) is 4. The summed E-state index contributed by atoms with van der Waals surface area (Å²) >= 11 is 0. The zero-order valence-corrected chi connectivity index (χ0v) is 14.2. The summed E-state index contributed by atoms with van der Waals surface area (Å²) in [6.07, 6.45) is 0.784. The van der Waals surface area contributed by atoms with Crippen LogP contribution in [0.1, 0.15) is 20.3 Å². The average Bonchev–Trinajstić information content (AvgIpc) is 2.88. The van der Waals surface area contributed by atoms with Gasteiger partial charge in [0.2, 0.25) is 10.0 Å². The van der Waals surface area contributed by atoms with Crippen molar-refractivity contribution in [3.63, 3.8) is 0 Å². The number of rotatable bonds is 4. The lowest BCUT2D eigenvalue weighted by atomic mass is 9.96. The predicted octanol–water partition coefficient (Wildman–Crippen LogP) is 2.28. The molecule has 0 radical (unpaired) electrons. The van der Waals surface area contributed by atoms with Gasteiger partial charge in [-0.25, -0.2) is 16.8 Å². The summed E-state index contributed by atoms with van der Waals surface area (Å²) in [4.78, 5) is -0.607. The smallest absolute Gasteiger partial charge is 0.207 e. The van der Waals surface area contributed by atoms with Crippen molar-refractivity contribution in [2.24, 2.45) is 11.8 Å². The third kappa shape index (κ3) is 3.41. The average molecular weight is 352 g/mol. The molecule has 8 heteroatoms. The lowest BCUT2D eigenvalue weighted by Crippen LogP contribution is -2.30. The highest BCUT2D eigenvalue weighted by Gasteiger charge is 2.36. The molecule has 1 unspecified atom stereocenters. The van der Waals surface area contributed by atoms with E-state index in [9.17, 15) is 16.8 Å². The molecule has 1 aliphatic heterocycles. The fourth-order valence-corrected chi connectivity index (χ4v) is 5.84. The van der Waals surface area contributed by atoms with Crippen molar-refractivity contribution in [1.29, 1.82) is 0 Å². The van der Waals surface area contributed by atoms with Crippen LogP contribution in [0.15, 0.2) is 34.1 Å². The maximum atomic E-state index is 12.7. The number of halogens is 1. The summed E-state index contributed by atoms with van der Waals surface area (Å²) in [7, 11) is -2.61. The van der Waals surface area contributed by atoms with Gasteiger partial charge in [0.1, 0.15) is 9.79 Å². The van der Waals surface area contributed by atoms with E-state index in [4.69, 9.17) is 10.7 Å². The van der Waals surface area contributed by atoms with E-state index in [1.54, 1.807) is 0 Å². The minimum Gasteiger partial charge on any atom is -0.207 e. The lowest BCUT2D eigenvalue weighted by molar-refractivity contribution is 0.388. The Bertz CT molecular complexity index is 728. The monoisotopic (exact) mass is 351 g/mol. The number of hydrogen-bond donors (Lipinski definition) is 0. The molecule has 0 aliphatic carbocycles. The minimum atomic E-state index is -4.11. The maximum Gasteiger partial charge on any atom is 0.262 e. The molecule has 0 amide bonds. The van der Waals surface area contributed by atoms with Gasteiger partial charge in [0.15, 0.2) is 0 Å². The van der Waals surface area contributed by atoms with Crippen LogP contribution < -0.4 is 0 Å². The quantitative estimate of drug-likeness (QED) is 0.780. The van der Waals surface area contributed by atoms with E-state index < -0.39 is 19.1 Å². The molecule has 0 saturated carbocycles. The maximum absolute atomic E-state index is 12.7. The molecular formula is C13H18ClNO4S2. The zero-order valence-electron chi connectivity index (χ0n) is 11.9. The Morgan fingerprint density at radius 3 is 2.19 bits per heavy atom. The van der Waals surface area contributed by atoms with E-state index in [1.165, 1.54) is 28.6 Å². The summed E-state index contributed by atoms with van der Waals surface area (Å²) in [5.74, 6) is 0.678. The van der Waals surface area contributed by atoms with E-state index in [0.717, 1.165) is 6.42 Å². The van der Waals surface area contributed by atoms with Gasteiger partial charge in [0.25, 0.3) is 9.05 Å². The second-order valence-corrected chi connectivity index (χ2v) is 9.98. The molecule has 1 atom stereocenters. The van der Waals surface area contributed by atoms with Crippen molar-refractivity contribution < 1.29 is 16.8 Å². The van der Waals surface area contributed by atoms with Crippen LogP contribution in [0.3, 0.4) is 0 Å². The first-order chi connectivity index (χ1) is 9.64. The fraction of sp³-hybridized carbons (Fsp3) is 0.538. The van der Waals surface area contributed by atoms with Crippen LogP contribution in [0.25, 0.3) is 0 Å². The molecule has 1 saturated heterocycles.